The lowest BCUT2D eigenvalue weighted by atomic mass is 10.1. The first-order valence-electron chi connectivity index (χ1n) is 9.63. The van der Waals surface area contributed by atoms with Crippen LogP contribution in [0.1, 0.15) is 27.1 Å². The van der Waals surface area contributed by atoms with Gasteiger partial charge in [-0.05, 0) is 24.3 Å². The van der Waals surface area contributed by atoms with Crippen molar-refractivity contribution in [3.05, 3.63) is 79.9 Å². The summed E-state index contributed by atoms with van der Waals surface area (Å²) in [7, 11) is 2.86. The van der Waals surface area contributed by atoms with Gasteiger partial charge in [0.05, 0.1) is 34.2 Å². The van der Waals surface area contributed by atoms with Crippen LogP contribution in [0.2, 0.25) is 0 Å². The van der Waals surface area contributed by atoms with Gasteiger partial charge >= 0.3 is 11.9 Å². The second-order valence-electron chi connectivity index (χ2n) is 6.81. The first-order valence-corrected chi connectivity index (χ1v) is 9.63. The standard InChI is InChI=1S/C21H22N2O10/c1-30-19(31-2)11-14(12-32-20(24)15-3-7-17(8-4-15)22(26)27)13-33-21(25)16-5-9-18(10-6-16)23(28)29/h3-10,14,19H,11-13H2,1-2H3. The van der Waals surface area contributed by atoms with Gasteiger partial charge in [-0.3, -0.25) is 20.2 Å². The number of benzene rings is 2. The minimum Gasteiger partial charge on any atom is -0.462 e. The summed E-state index contributed by atoms with van der Waals surface area (Å²) in [5.41, 5.74) is -0.0780. The van der Waals surface area contributed by atoms with Crippen molar-refractivity contribution in [2.24, 2.45) is 5.92 Å². The smallest absolute Gasteiger partial charge is 0.338 e. The number of non-ortho nitro benzene ring substituents is 2. The summed E-state index contributed by atoms with van der Waals surface area (Å²) >= 11 is 0. The molecule has 0 bridgehead atoms. The summed E-state index contributed by atoms with van der Waals surface area (Å²) < 4.78 is 20.9. The van der Waals surface area contributed by atoms with Gasteiger partial charge in [-0.1, -0.05) is 0 Å². The second kappa shape index (κ2) is 12.2. The van der Waals surface area contributed by atoms with E-state index in [4.69, 9.17) is 18.9 Å². The zero-order valence-electron chi connectivity index (χ0n) is 17.9. The number of carbonyl (C=O) groups is 2. The highest BCUT2D eigenvalue weighted by atomic mass is 16.7. The highest BCUT2D eigenvalue weighted by molar-refractivity contribution is 5.90. The maximum Gasteiger partial charge on any atom is 0.338 e. The Kier molecular flexibility index (Phi) is 9.39. The van der Waals surface area contributed by atoms with Gasteiger partial charge in [0.2, 0.25) is 0 Å². The Balaban J connectivity index is 1.99. The zero-order valence-corrected chi connectivity index (χ0v) is 17.9. The topological polar surface area (TPSA) is 157 Å². The van der Waals surface area contributed by atoms with Crippen molar-refractivity contribution < 1.29 is 38.4 Å². The lowest BCUT2D eigenvalue weighted by molar-refractivity contribution is -0.385. The number of nitrogens with zero attached hydrogens (tertiary/aromatic N) is 2. The van der Waals surface area contributed by atoms with E-state index in [0.717, 1.165) is 0 Å². The van der Waals surface area contributed by atoms with Crippen LogP contribution < -0.4 is 0 Å². The Bertz CT molecular complexity index is 898. The molecule has 0 atom stereocenters. The van der Waals surface area contributed by atoms with E-state index >= 15 is 0 Å². The minimum absolute atomic E-state index is 0.122. The molecule has 12 nitrogen and oxygen atoms in total. The molecule has 0 heterocycles. The number of hydrogen-bond donors (Lipinski definition) is 0. The van der Waals surface area contributed by atoms with E-state index < -0.39 is 34.0 Å². The first kappa shape index (κ1) is 25.4. The van der Waals surface area contributed by atoms with Gasteiger partial charge in [-0.2, -0.15) is 0 Å². The van der Waals surface area contributed by atoms with Crippen molar-refractivity contribution >= 4 is 23.3 Å². The second-order valence-corrected chi connectivity index (χ2v) is 6.81. The maximum atomic E-state index is 12.3. The predicted molar refractivity (Wildman–Crippen MR) is 113 cm³/mol. The zero-order chi connectivity index (χ0) is 24.4. The molecule has 0 saturated heterocycles. The molecular weight excluding hydrogens is 440 g/mol. The molecular formula is C21H22N2O10. The van der Waals surface area contributed by atoms with Crippen LogP contribution in [0.4, 0.5) is 11.4 Å². The fourth-order valence-electron chi connectivity index (χ4n) is 2.74. The predicted octanol–water partition coefficient (Wildman–Crippen LogP) is 3.14. The van der Waals surface area contributed by atoms with Crippen LogP contribution in [0.5, 0.6) is 0 Å². The third kappa shape index (κ3) is 7.63. The fraction of sp³-hybridized carbons (Fsp3) is 0.333. The van der Waals surface area contributed by atoms with E-state index in [1.807, 2.05) is 0 Å². The van der Waals surface area contributed by atoms with Crippen LogP contribution in [0, 0.1) is 26.1 Å². The Morgan fingerprint density at radius 2 is 1.12 bits per heavy atom. The molecule has 0 aliphatic heterocycles. The van der Waals surface area contributed by atoms with Gasteiger partial charge in [0.25, 0.3) is 11.4 Å². The van der Waals surface area contributed by atoms with Crippen LogP contribution in [-0.4, -0.2) is 55.5 Å². The summed E-state index contributed by atoms with van der Waals surface area (Å²) in [6.07, 6.45) is -0.417. The SMILES string of the molecule is COC(CC(COC(=O)c1ccc([N+](=O)[O-])cc1)COC(=O)c1ccc([N+](=O)[O-])cc1)OC. The summed E-state index contributed by atoms with van der Waals surface area (Å²) in [5.74, 6) is -1.91. The van der Waals surface area contributed by atoms with E-state index in [9.17, 15) is 29.8 Å². The molecule has 12 heteroatoms. The molecule has 0 fully saturated rings. The summed E-state index contributed by atoms with van der Waals surface area (Å²) in [5, 5.41) is 21.5. The normalized spacial score (nSPS) is 10.8. The lowest BCUT2D eigenvalue weighted by Gasteiger charge is -2.21. The molecule has 0 radical (unpaired) electrons. The summed E-state index contributed by atoms with van der Waals surface area (Å²) in [6.45, 7) is -0.292. The molecule has 0 aliphatic rings. The van der Waals surface area contributed by atoms with E-state index in [1.54, 1.807) is 0 Å². The molecule has 0 saturated carbocycles. The van der Waals surface area contributed by atoms with Crippen molar-refractivity contribution in [2.45, 2.75) is 12.7 Å². The minimum atomic E-state index is -0.706. The Morgan fingerprint density at radius 1 is 0.758 bits per heavy atom. The Morgan fingerprint density at radius 3 is 1.42 bits per heavy atom. The number of nitro benzene ring substituents is 2. The van der Waals surface area contributed by atoms with Crippen molar-refractivity contribution in [1.29, 1.82) is 0 Å². The van der Waals surface area contributed by atoms with Crippen LogP contribution in [-0.2, 0) is 18.9 Å². The number of esters is 2. The van der Waals surface area contributed by atoms with Crippen LogP contribution >= 0.6 is 0 Å². The van der Waals surface area contributed by atoms with E-state index in [1.165, 1.54) is 62.8 Å². The van der Waals surface area contributed by atoms with Gasteiger partial charge < -0.3 is 18.9 Å². The quantitative estimate of drug-likeness (QED) is 0.198. The summed E-state index contributed by atoms with van der Waals surface area (Å²) in [6, 6.07) is 9.85. The number of ether oxygens (including phenoxy) is 4. The number of nitro groups is 2. The highest BCUT2D eigenvalue weighted by Gasteiger charge is 2.21. The largest absolute Gasteiger partial charge is 0.462 e. The van der Waals surface area contributed by atoms with E-state index in [0.29, 0.717) is 0 Å². The van der Waals surface area contributed by atoms with Gasteiger partial charge in [-0.25, -0.2) is 9.59 Å². The third-order valence-electron chi connectivity index (χ3n) is 4.58. The molecule has 0 unspecified atom stereocenters. The lowest BCUT2D eigenvalue weighted by Crippen LogP contribution is -2.27. The van der Waals surface area contributed by atoms with Gasteiger partial charge in [0.15, 0.2) is 6.29 Å². The fourth-order valence-corrected chi connectivity index (χ4v) is 2.74. The molecule has 2 rings (SSSR count). The van der Waals surface area contributed by atoms with E-state index in [-0.39, 0.29) is 42.1 Å². The van der Waals surface area contributed by atoms with Crippen molar-refractivity contribution in [3.63, 3.8) is 0 Å². The van der Waals surface area contributed by atoms with Gasteiger partial charge in [-0.15, -0.1) is 0 Å². The average Bonchev–Trinajstić information content (AvgIpc) is 2.83. The maximum absolute atomic E-state index is 12.3. The number of carbonyl (C=O) groups excluding carboxylic acids is 2. The molecule has 0 aliphatic carbocycles. The van der Waals surface area contributed by atoms with Crippen molar-refractivity contribution in [3.8, 4) is 0 Å². The average molecular weight is 462 g/mol. The first-order chi connectivity index (χ1) is 15.7. The monoisotopic (exact) mass is 462 g/mol. The van der Waals surface area contributed by atoms with Gasteiger partial charge in [0, 0.05) is 50.8 Å². The summed E-state index contributed by atoms with van der Waals surface area (Å²) in [4.78, 5) is 44.9. The van der Waals surface area contributed by atoms with Gasteiger partial charge in [0.1, 0.15) is 0 Å². The van der Waals surface area contributed by atoms with Crippen LogP contribution in [0.15, 0.2) is 48.5 Å². The van der Waals surface area contributed by atoms with E-state index in [2.05, 4.69) is 0 Å². The molecule has 176 valence electrons. The Hall–Kier alpha value is -3.90. The highest BCUT2D eigenvalue weighted by Crippen LogP contribution is 2.17. The van der Waals surface area contributed by atoms with Crippen molar-refractivity contribution in [2.75, 3.05) is 27.4 Å². The van der Waals surface area contributed by atoms with Crippen LogP contribution in [0.3, 0.4) is 0 Å². The molecule has 0 spiro atoms. The number of rotatable bonds is 12. The molecule has 2 aromatic carbocycles. The molecule has 0 aromatic heterocycles. The van der Waals surface area contributed by atoms with Crippen molar-refractivity contribution in [1.82, 2.24) is 0 Å². The molecule has 2 aromatic rings. The van der Waals surface area contributed by atoms with Crippen LogP contribution in [0.25, 0.3) is 0 Å². The molecule has 0 amide bonds. The Labute approximate surface area is 188 Å². The number of methoxy groups -OCH3 is 2. The third-order valence-corrected chi connectivity index (χ3v) is 4.58. The molecule has 0 N–H and O–H groups in total. The number of hydrogen-bond acceptors (Lipinski definition) is 10. The molecule has 33 heavy (non-hydrogen) atoms.